The molecule has 2 fully saturated rings. The lowest BCUT2D eigenvalue weighted by Gasteiger charge is -2.40. The Labute approximate surface area is 281 Å². The van der Waals surface area contributed by atoms with Crippen LogP contribution in [0.3, 0.4) is 0 Å². The molecule has 6 rings (SSSR count). The Kier molecular flexibility index (Phi) is 9.98. The Hall–Kier alpha value is -4.87. The summed E-state index contributed by atoms with van der Waals surface area (Å²) in [7, 11) is -4.06. The SMILES string of the molecule is Cc1cccc(S(=O)(=O)OC2(Oc3cccc(C(=O)NCC(=O)N4CCN(c5ccc(OCc6ccccc6)cc5)CC4)c3)CCC2)c1. The van der Waals surface area contributed by atoms with Gasteiger partial charge in [0, 0.05) is 50.3 Å². The fourth-order valence-electron chi connectivity index (χ4n) is 5.68. The van der Waals surface area contributed by atoms with Gasteiger partial charge in [0.05, 0.1) is 11.4 Å². The van der Waals surface area contributed by atoms with Crippen LogP contribution < -0.4 is 19.7 Å². The molecule has 0 spiro atoms. The second-order valence-corrected chi connectivity index (χ2v) is 13.6. The van der Waals surface area contributed by atoms with Gasteiger partial charge in [0.1, 0.15) is 18.1 Å². The quantitative estimate of drug-likeness (QED) is 0.159. The average Bonchev–Trinajstić information content (AvgIpc) is 3.09. The summed E-state index contributed by atoms with van der Waals surface area (Å²) < 4.78 is 43.5. The van der Waals surface area contributed by atoms with Crippen molar-refractivity contribution in [2.45, 2.75) is 43.5 Å². The number of nitrogens with one attached hydrogen (secondary N) is 1. The van der Waals surface area contributed by atoms with E-state index in [4.69, 9.17) is 13.7 Å². The Balaban J connectivity index is 0.970. The van der Waals surface area contributed by atoms with E-state index in [1.807, 2.05) is 67.6 Å². The highest BCUT2D eigenvalue weighted by molar-refractivity contribution is 7.86. The monoisotopic (exact) mass is 669 g/mol. The number of piperazine rings is 1. The van der Waals surface area contributed by atoms with E-state index in [0.717, 1.165) is 29.0 Å². The average molecular weight is 670 g/mol. The molecular weight excluding hydrogens is 630 g/mol. The van der Waals surface area contributed by atoms with E-state index in [2.05, 4.69) is 10.2 Å². The van der Waals surface area contributed by atoms with Crippen LogP contribution in [-0.4, -0.2) is 63.6 Å². The number of ether oxygens (including phenoxy) is 2. The number of nitrogens with zero attached hydrogens (tertiary/aromatic N) is 2. The normalized spacial score (nSPS) is 15.7. The molecule has 0 atom stereocenters. The summed E-state index contributed by atoms with van der Waals surface area (Å²) >= 11 is 0. The van der Waals surface area contributed by atoms with Crippen LogP contribution in [0.5, 0.6) is 11.5 Å². The minimum Gasteiger partial charge on any atom is -0.489 e. The molecule has 1 N–H and O–H groups in total. The number of benzene rings is 4. The number of rotatable bonds is 12. The number of hydrogen-bond donors (Lipinski definition) is 1. The van der Waals surface area contributed by atoms with Gasteiger partial charge >= 0.3 is 0 Å². The fourth-order valence-corrected chi connectivity index (χ4v) is 6.95. The summed E-state index contributed by atoms with van der Waals surface area (Å²) in [6.07, 6.45) is 1.53. The van der Waals surface area contributed by atoms with Gasteiger partial charge in [-0.15, -0.1) is 0 Å². The van der Waals surface area contributed by atoms with Crippen LogP contribution in [0.25, 0.3) is 0 Å². The van der Waals surface area contributed by atoms with Gasteiger partial charge in [-0.25, -0.2) is 4.18 Å². The second-order valence-electron chi connectivity index (χ2n) is 12.1. The summed E-state index contributed by atoms with van der Waals surface area (Å²) in [5.41, 5.74) is 3.26. The maximum atomic E-state index is 13.0. The molecule has 2 amide bonds. The molecule has 48 heavy (non-hydrogen) atoms. The van der Waals surface area contributed by atoms with Crippen LogP contribution in [0.4, 0.5) is 5.69 Å². The first-order chi connectivity index (χ1) is 23.2. The molecule has 0 aromatic heterocycles. The van der Waals surface area contributed by atoms with Crippen LogP contribution in [0.1, 0.15) is 40.7 Å². The molecule has 4 aromatic rings. The maximum absolute atomic E-state index is 13.0. The zero-order chi connectivity index (χ0) is 33.6. The van der Waals surface area contributed by atoms with Crippen molar-refractivity contribution in [2.24, 2.45) is 0 Å². The van der Waals surface area contributed by atoms with Crippen molar-refractivity contribution in [1.29, 1.82) is 0 Å². The van der Waals surface area contributed by atoms with E-state index in [1.54, 1.807) is 35.2 Å². The van der Waals surface area contributed by atoms with Gasteiger partial charge in [0.25, 0.3) is 16.0 Å². The first-order valence-corrected chi connectivity index (χ1v) is 17.5. The lowest BCUT2D eigenvalue weighted by Crippen LogP contribution is -2.51. The third-order valence-electron chi connectivity index (χ3n) is 8.54. The highest BCUT2D eigenvalue weighted by atomic mass is 32.2. The predicted octanol–water partition coefficient (Wildman–Crippen LogP) is 5.32. The summed E-state index contributed by atoms with van der Waals surface area (Å²) in [6, 6.07) is 30.9. The Morgan fingerprint density at radius 1 is 0.812 bits per heavy atom. The van der Waals surface area contributed by atoms with E-state index < -0.39 is 21.8 Å². The smallest absolute Gasteiger partial charge is 0.300 e. The van der Waals surface area contributed by atoms with Gasteiger partial charge in [0.2, 0.25) is 11.7 Å². The lowest BCUT2D eigenvalue weighted by atomic mass is 9.91. The maximum Gasteiger partial charge on any atom is 0.300 e. The Morgan fingerprint density at radius 2 is 1.54 bits per heavy atom. The third kappa shape index (κ3) is 8.15. The number of anilines is 1. The van der Waals surface area contributed by atoms with Crippen molar-refractivity contribution in [3.8, 4) is 11.5 Å². The molecule has 1 saturated heterocycles. The Bertz CT molecular complexity index is 1840. The molecule has 11 heteroatoms. The molecule has 250 valence electrons. The van der Waals surface area contributed by atoms with E-state index in [0.29, 0.717) is 51.4 Å². The summed E-state index contributed by atoms with van der Waals surface area (Å²) in [5.74, 6) is -0.832. The molecule has 0 bridgehead atoms. The number of amides is 2. The van der Waals surface area contributed by atoms with Crippen molar-refractivity contribution in [2.75, 3.05) is 37.6 Å². The van der Waals surface area contributed by atoms with Crippen LogP contribution in [0, 0.1) is 6.92 Å². The van der Waals surface area contributed by atoms with Crippen molar-refractivity contribution in [3.63, 3.8) is 0 Å². The first-order valence-electron chi connectivity index (χ1n) is 16.1. The van der Waals surface area contributed by atoms with Crippen molar-refractivity contribution >= 4 is 27.6 Å². The standard InChI is InChI=1S/C37H39N3O7S/c1-28-8-5-13-34(24-28)48(43,44)47-37(18-7-19-37)46-33-12-6-11-30(25-33)36(42)38-26-35(41)40-22-20-39(21-23-40)31-14-16-32(17-15-31)45-27-29-9-3-2-4-10-29/h2-6,8-17,24-25H,7,18-23,26-27H2,1H3,(H,38,42). The summed E-state index contributed by atoms with van der Waals surface area (Å²) in [4.78, 5) is 30.0. The molecular formula is C37H39N3O7S. The molecule has 1 saturated carbocycles. The van der Waals surface area contributed by atoms with E-state index in [1.165, 1.54) is 12.1 Å². The molecule has 2 aliphatic rings. The summed E-state index contributed by atoms with van der Waals surface area (Å²) in [5, 5.41) is 2.71. The van der Waals surface area contributed by atoms with Gasteiger partial charge in [-0.05, 0) is 79.1 Å². The van der Waals surface area contributed by atoms with Gasteiger partial charge < -0.3 is 24.6 Å². The zero-order valence-corrected chi connectivity index (χ0v) is 27.7. The molecule has 1 aliphatic heterocycles. The van der Waals surface area contributed by atoms with Crippen LogP contribution >= 0.6 is 0 Å². The van der Waals surface area contributed by atoms with Crippen molar-refractivity contribution in [1.82, 2.24) is 10.2 Å². The highest BCUT2D eigenvalue weighted by Gasteiger charge is 2.45. The topological polar surface area (TPSA) is 114 Å². The highest BCUT2D eigenvalue weighted by Crippen LogP contribution is 2.40. The zero-order valence-electron chi connectivity index (χ0n) is 26.8. The Morgan fingerprint density at radius 3 is 2.23 bits per heavy atom. The van der Waals surface area contributed by atoms with Crippen LogP contribution in [-0.2, 0) is 25.7 Å². The summed E-state index contributed by atoms with van der Waals surface area (Å²) in [6.45, 7) is 4.60. The van der Waals surface area contributed by atoms with Gasteiger partial charge in [0.15, 0.2) is 0 Å². The van der Waals surface area contributed by atoms with Gasteiger partial charge in [-0.1, -0.05) is 48.5 Å². The van der Waals surface area contributed by atoms with Crippen molar-refractivity contribution < 1.29 is 31.7 Å². The number of aryl methyl sites for hydroxylation is 1. The van der Waals surface area contributed by atoms with E-state index in [-0.39, 0.29) is 22.9 Å². The van der Waals surface area contributed by atoms with Gasteiger partial charge in [-0.2, -0.15) is 8.42 Å². The first kappa shape index (κ1) is 33.0. The van der Waals surface area contributed by atoms with Crippen molar-refractivity contribution in [3.05, 3.63) is 120 Å². The predicted molar refractivity (Wildman–Crippen MR) is 181 cm³/mol. The van der Waals surface area contributed by atoms with E-state index in [9.17, 15) is 18.0 Å². The number of hydrogen-bond acceptors (Lipinski definition) is 8. The van der Waals surface area contributed by atoms with Gasteiger partial charge in [-0.3, -0.25) is 9.59 Å². The molecule has 4 aromatic carbocycles. The fraction of sp³-hybridized carbons (Fsp3) is 0.297. The molecule has 10 nitrogen and oxygen atoms in total. The minimum atomic E-state index is -4.06. The second kappa shape index (κ2) is 14.5. The van der Waals surface area contributed by atoms with Crippen LogP contribution in [0.2, 0.25) is 0 Å². The molecule has 0 unspecified atom stereocenters. The third-order valence-corrected chi connectivity index (χ3v) is 9.89. The molecule has 1 aliphatic carbocycles. The number of carbonyl (C=O) groups excluding carboxylic acids is 2. The molecule has 0 radical (unpaired) electrons. The van der Waals surface area contributed by atoms with Crippen LogP contribution in [0.15, 0.2) is 108 Å². The molecule has 1 heterocycles. The lowest BCUT2D eigenvalue weighted by molar-refractivity contribution is -0.164. The van der Waals surface area contributed by atoms with E-state index >= 15 is 0 Å². The minimum absolute atomic E-state index is 0.0653. The number of carbonyl (C=O) groups is 2. The largest absolute Gasteiger partial charge is 0.489 e.